The summed E-state index contributed by atoms with van der Waals surface area (Å²) in [5.41, 5.74) is -4.69. The Bertz CT molecular complexity index is 3230. The van der Waals surface area contributed by atoms with Gasteiger partial charge in [0, 0.05) is 72.7 Å². The molecule has 0 aliphatic carbocycles. The van der Waals surface area contributed by atoms with Crippen molar-refractivity contribution in [2.45, 2.75) is 112 Å². The highest BCUT2D eigenvalue weighted by Crippen LogP contribution is 2.42. The van der Waals surface area contributed by atoms with Crippen LogP contribution in [0.15, 0.2) is 91.4 Å². The predicted molar refractivity (Wildman–Crippen MR) is 262 cm³/mol. The van der Waals surface area contributed by atoms with Gasteiger partial charge in [0.1, 0.15) is 69.9 Å². The van der Waals surface area contributed by atoms with Crippen LogP contribution in [0.4, 0.5) is 65.9 Å². The highest BCUT2D eigenvalue weighted by atomic mass is 19.4. The third-order valence-corrected chi connectivity index (χ3v) is 11.8. The maximum atomic E-state index is 13.7. The second kappa shape index (κ2) is 24.9. The number of alkyl halides is 9. The number of halogens is 15. The number of aryl methyl sites for hydroxylation is 3. The van der Waals surface area contributed by atoms with E-state index in [0.717, 1.165) is 36.4 Å². The van der Waals surface area contributed by atoms with Crippen LogP contribution in [-0.2, 0) is 37.8 Å². The number of benzene rings is 3. The Labute approximate surface area is 446 Å². The molecule has 0 fully saturated rings. The van der Waals surface area contributed by atoms with Crippen molar-refractivity contribution < 1.29 is 80.1 Å². The molecule has 0 saturated carbocycles. The minimum absolute atomic E-state index is 0. The van der Waals surface area contributed by atoms with Crippen LogP contribution >= 0.6 is 0 Å². The molecule has 6 heterocycles. The fourth-order valence-electron chi connectivity index (χ4n) is 8.14. The first-order chi connectivity index (χ1) is 36.7. The van der Waals surface area contributed by atoms with E-state index in [2.05, 4.69) is 30.6 Å². The third kappa shape index (κ3) is 13.5. The summed E-state index contributed by atoms with van der Waals surface area (Å²) in [5.74, 6) is -5.30. The normalized spacial score (nSPS) is 12.9. The van der Waals surface area contributed by atoms with Crippen molar-refractivity contribution in [2.75, 3.05) is 0 Å². The Morgan fingerprint density at radius 1 is 0.388 bits per heavy atom. The Balaban J connectivity index is 0.000000218. The second-order valence-electron chi connectivity index (χ2n) is 16.9. The zero-order chi connectivity index (χ0) is 57.2. The molecule has 0 bridgehead atoms. The molecule has 80 heavy (non-hydrogen) atoms. The Morgan fingerprint density at radius 3 is 0.825 bits per heavy atom. The SMILES string of the molecule is C.C.CCc1nnc2c(C(F)(F)F)c(C(C)Oc3ccc(F)cc3F)ccn12.CCc1nnc2c(C(F)(F)F)c(C(C)Oc3ccc(F)cc3F)ccn12.CCc1nnc2c(C(F)(F)F)c(C(C)Oc3ccc(F)cc3F)ccn12. The third-order valence-electron chi connectivity index (χ3n) is 11.8. The summed E-state index contributed by atoms with van der Waals surface area (Å²) in [5, 5.41) is 22.2. The smallest absolute Gasteiger partial charge is 0.420 e. The molecule has 0 radical (unpaired) electrons. The summed E-state index contributed by atoms with van der Waals surface area (Å²) < 4.78 is 223. The van der Waals surface area contributed by atoms with Gasteiger partial charge in [-0.25, -0.2) is 26.3 Å². The molecule has 0 N–H and O–H groups in total. The van der Waals surface area contributed by atoms with Gasteiger partial charge in [0.25, 0.3) is 0 Å². The van der Waals surface area contributed by atoms with Gasteiger partial charge in [-0.1, -0.05) is 35.6 Å². The number of ether oxygens (including phenoxy) is 3. The number of hydrogen-bond donors (Lipinski definition) is 0. The van der Waals surface area contributed by atoms with Crippen LogP contribution in [-0.4, -0.2) is 43.8 Å². The lowest BCUT2D eigenvalue weighted by atomic mass is 10.0. The van der Waals surface area contributed by atoms with E-state index in [-0.39, 0.29) is 65.7 Å². The number of hydrogen-bond acceptors (Lipinski definition) is 9. The van der Waals surface area contributed by atoms with Crippen molar-refractivity contribution in [2.24, 2.45) is 0 Å². The molecule has 0 amide bonds. The van der Waals surface area contributed by atoms with Crippen molar-refractivity contribution in [3.63, 3.8) is 0 Å². The van der Waals surface area contributed by atoms with Gasteiger partial charge < -0.3 is 14.2 Å². The van der Waals surface area contributed by atoms with E-state index >= 15 is 0 Å². The van der Waals surface area contributed by atoms with E-state index in [1.54, 1.807) is 20.8 Å². The molecule has 27 heteroatoms. The lowest BCUT2D eigenvalue weighted by Crippen LogP contribution is -2.16. The molecule has 430 valence electrons. The summed E-state index contributed by atoms with van der Waals surface area (Å²) in [6, 6.07) is 11.5. The Kier molecular flexibility index (Phi) is 19.5. The molecule has 0 spiro atoms. The van der Waals surface area contributed by atoms with E-state index in [1.807, 2.05) is 0 Å². The molecular formula is C53H50F15N9O3. The van der Waals surface area contributed by atoms with Gasteiger partial charge in [-0.2, -0.15) is 39.5 Å². The topological polar surface area (TPSA) is 118 Å². The number of nitrogens with zero attached hydrogens (tertiary/aromatic N) is 9. The lowest BCUT2D eigenvalue weighted by Gasteiger charge is -2.20. The van der Waals surface area contributed by atoms with Crippen molar-refractivity contribution in [3.05, 3.63) is 177 Å². The standard InChI is InChI=1S/3C17H14F5N3O.2CH4/c3*1-3-14-23-24-16-15(17(20,21)22)11(6-7-25(14)16)9(2)26-13-5-4-10(18)8-12(13)19;;/h3*4-9H,3H2,1-2H3;2*1H4. The van der Waals surface area contributed by atoms with Gasteiger partial charge in [-0.05, 0) is 75.4 Å². The summed E-state index contributed by atoms with van der Waals surface area (Å²) in [6.45, 7) is 9.30. The van der Waals surface area contributed by atoms with Crippen LogP contribution in [0.25, 0.3) is 16.9 Å². The van der Waals surface area contributed by atoms with E-state index < -0.39 is 88.4 Å². The van der Waals surface area contributed by atoms with Crippen molar-refractivity contribution >= 4 is 16.9 Å². The van der Waals surface area contributed by atoms with Crippen LogP contribution in [0.5, 0.6) is 17.2 Å². The molecule has 0 saturated heterocycles. The van der Waals surface area contributed by atoms with E-state index in [1.165, 1.54) is 70.8 Å². The van der Waals surface area contributed by atoms with Gasteiger partial charge in [0.05, 0.1) is 0 Å². The van der Waals surface area contributed by atoms with E-state index in [0.29, 0.717) is 54.9 Å². The second-order valence-corrected chi connectivity index (χ2v) is 16.9. The maximum Gasteiger partial charge on any atom is 0.420 e. The first-order valence-electron chi connectivity index (χ1n) is 23.3. The van der Waals surface area contributed by atoms with Gasteiger partial charge in [0.15, 0.2) is 51.6 Å². The van der Waals surface area contributed by atoms with E-state index in [9.17, 15) is 65.9 Å². The van der Waals surface area contributed by atoms with Crippen molar-refractivity contribution in [1.82, 2.24) is 43.8 Å². The van der Waals surface area contributed by atoms with Gasteiger partial charge in [0.2, 0.25) is 0 Å². The van der Waals surface area contributed by atoms with Gasteiger partial charge in [-0.15, -0.1) is 30.6 Å². The fourth-order valence-corrected chi connectivity index (χ4v) is 8.14. The number of aromatic nitrogens is 9. The number of pyridine rings is 3. The fraction of sp³-hybridized carbons (Fsp3) is 0.321. The van der Waals surface area contributed by atoms with Crippen molar-refractivity contribution in [3.8, 4) is 17.2 Å². The zero-order valence-corrected chi connectivity index (χ0v) is 41.4. The van der Waals surface area contributed by atoms with Crippen molar-refractivity contribution in [1.29, 1.82) is 0 Å². The Morgan fingerprint density at radius 2 is 0.625 bits per heavy atom. The van der Waals surface area contributed by atoms with Gasteiger partial charge >= 0.3 is 18.5 Å². The maximum absolute atomic E-state index is 13.7. The molecule has 3 aromatic carbocycles. The quantitative estimate of drug-likeness (QED) is 0.110. The molecule has 12 nitrogen and oxygen atoms in total. The number of fused-ring (bicyclic) bond motifs is 3. The number of rotatable bonds is 12. The van der Waals surface area contributed by atoms with Crippen LogP contribution in [0, 0.1) is 34.9 Å². The molecule has 9 rings (SSSR count). The van der Waals surface area contributed by atoms with Crippen LogP contribution in [0.2, 0.25) is 0 Å². The minimum Gasteiger partial charge on any atom is -0.483 e. The molecule has 3 atom stereocenters. The minimum atomic E-state index is -4.71. The Hall–Kier alpha value is -8.13. The lowest BCUT2D eigenvalue weighted by molar-refractivity contribution is -0.138. The summed E-state index contributed by atoms with van der Waals surface area (Å²) in [4.78, 5) is 0. The summed E-state index contributed by atoms with van der Waals surface area (Å²) in [6.07, 6.45) is -12.1. The van der Waals surface area contributed by atoms with Crippen LogP contribution < -0.4 is 14.2 Å². The van der Waals surface area contributed by atoms with E-state index in [4.69, 9.17) is 14.2 Å². The van der Waals surface area contributed by atoms with Crippen LogP contribution in [0.1, 0.15) is 126 Å². The first-order valence-corrected chi connectivity index (χ1v) is 23.3. The highest BCUT2D eigenvalue weighted by molar-refractivity contribution is 5.56. The molecular weight excluding hydrogens is 1100 g/mol. The largest absolute Gasteiger partial charge is 0.483 e. The molecule has 0 aliphatic heterocycles. The summed E-state index contributed by atoms with van der Waals surface area (Å²) >= 11 is 0. The molecule has 3 unspecified atom stereocenters. The first kappa shape index (κ1) is 62.7. The highest BCUT2D eigenvalue weighted by Gasteiger charge is 2.42. The van der Waals surface area contributed by atoms with Crippen LogP contribution in [0.3, 0.4) is 0 Å². The monoisotopic (exact) mass is 1150 g/mol. The average molecular weight is 1150 g/mol. The zero-order valence-electron chi connectivity index (χ0n) is 41.4. The predicted octanol–water partition coefficient (Wildman–Crippen LogP) is 15.5. The molecule has 0 aliphatic rings. The summed E-state index contributed by atoms with van der Waals surface area (Å²) in [7, 11) is 0. The van der Waals surface area contributed by atoms with Gasteiger partial charge in [-0.3, -0.25) is 13.2 Å². The average Bonchev–Trinajstić information content (AvgIpc) is 4.16. The molecule has 9 aromatic rings. The molecule has 6 aromatic heterocycles.